The van der Waals surface area contributed by atoms with E-state index < -0.39 is 0 Å². The lowest BCUT2D eigenvalue weighted by atomic mass is 10.1. The predicted octanol–water partition coefficient (Wildman–Crippen LogP) is 1.79. The van der Waals surface area contributed by atoms with Crippen molar-refractivity contribution in [2.75, 3.05) is 12.5 Å². The first-order chi connectivity index (χ1) is 6.47. The van der Waals surface area contributed by atoms with Crippen LogP contribution in [0, 0.1) is 5.92 Å². The number of amides is 1. The number of carbonyl (C=O) groups is 1. The summed E-state index contributed by atoms with van der Waals surface area (Å²) in [5, 5.41) is 2.83. The van der Waals surface area contributed by atoms with Crippen LogP contribution in [0.25, 0.3) is 0 Å². The molecule has 0 radical (unpaired) electrons. The molecule has 1 atom stereocenters. The zero-order valence-electron chi connectivity index (χ0n) is 9.34. The van der Waals surface area contributed by atoms with E-state index in [9.17, 15) is 4.79 Å². The second kappa shape index (κ2) is 7.07. The Balaban J connectivity index is 3.79. The monoisotopic (exact) mass is 221 g/mol. The molecule has 0 aliphatic rings. The van der Waals surface area contributed by atoms with Gasteiger partial charge >= 0.3 is 0 Å². The first kappa shape index (κ1) is 13.7. The maximum atomic E-state index is 11.3. The van der Waals surface area contributed by atoms with Crippen molar-refractivity contribution in [3.8, 4) is 0 Å². The van der Waals surface area contributed by atoms with Crippen LogP contribution in [0.3, 0.4) is 0 Å². The molecule has 1 unspecified atom stereocenters. The molecule has 84 valence electrons. The summed E-state index contributed by atoms with van der Waals surface area (Å²) in [4.78, 5) is 11.3. The molecule has 0 saturated heterocycles. The van der Waals surface area contributed by atoms with E-state index in [1.165, 1.54) is 0 Å². The Morgan fingerprint density at radius 2 is 1.93 bits per heavy atom. The topological polar surface area (TPSA) is 38.3 Å². The SMILES string of the molecule is CC(C)OCC(=O)NC(CCl)C(C)C. The van der Waals surface area contributed by atoms with Gasteiger partial charge in [-0.25, -0.2) is 0 Å². The Morgan fingerprint density at radius 3 is 2.29 bits per heavy atom. The number of halogens is 1. The van der Waals surface area contributed by atoms with Gasteiger partial charge in [0.2, 0.25) is 5.91 Å². The minimum Gasteiger partial charge on any atom is -0.369 e. The molecule has 0 bridgehead atoms. The minimum atomic E-state index is -0.0990. The maximum absolute atomic E-state index is 11.3. The van der Waals surface area contributed by atoms with Crippen LogP contribution in [0.1, 0.15) is 27.7 Å². The summed E-state index contributed by atoms with van der Waals surface area (Å²) in [6.07, 6.45) is 0.0780. The average Bonchev–Trinajstić information content (AvgIpc) is 2.10. The summed E-state index contributed by atoms with van der Waals surface area (Å²) in [7, 11) is 0. The van der Waals surface area contributed by atoms with Crippen LogP contribution in [-0.4, -0.2) is 30.5 Å². The third kappa shape index (κ3) is 6.22. The number of nitrogens with one attached hydrogen (secondary N) is 1. The third-order valence-electron chi connectivity index (χ3n) is 1.87. The lowest BCUT2D eigenvalue weighted by molar-refractivity contribution is -0.127. The van der Waals surface area contributed by atoms with Crippen LogP contribution >= 0.6 is 11.6 Å². The summed E-state index contributed by atoms with van der Waals surface area (Å²) >= 11 is 5.71. The van der Waals surface area contributed by atoms with Crippen molar-refractivity contribution in [1.82, 2.24) is 5.32 Å². The first-order valence-corrected chi connectivity index (χ1v) is 5.47. The van der Waals surface area contributed by atoms with Gasteiger partial charge < -0.3 is 10.1 Å². The van der Waals surface area contributed by atoms with E-state index in [-0.39, 0.29) is 24.7 Å². The van der Waals surface area contributed by atoms with Crippen molar-refractivity contribution in [1.29, 1.82) is 0 Å². The highest BCUT2D eigenvalue weighted by Gasteiger charge is 2.14. The Hall–Kier alpha value is -0.280. The molecule has 0 fully saturated rings. The molecule has 0 spiro atoms. The van der Waals surface area contributed by atoms with Gasteiger partial charge in [0.05, 0.1) is 6.10 Å². The molecule has 14 heavy (non-hydrogen) atoms. The summed E-state index contributed by atoms with van der Waals surface area (Å²) in [6.45, 7) is 7.95. The molecule has 0 aliphatic carbocycles. The van der Waals surface area contributed by atoms with Crippen LogP contribution in [-0.2, 0) is 9.53 Å². The van der Waals surface area contributed by atoms with Crippen molar-refractivity contribution < 1.29 is 9.53 Å². The van der Waals surface area contributed by atoms with Crippen molar-refractivity contribution in [2.45, 2.75) is 39.8 Å². The van der Waals surface area contributed by atoms with Crippen LogP contribution in [0.5, 0.6) is 0 Å². The van der Waals surface area contributed by atoms with E-state index in [4.69, 9.17) is 16.3 Å². The number of hydrogen-bond donors (Lipinski definition) is 1. The average molecular weight is 222 g/mol. The molecule has 0 saturated carbocycles. The van der Waals surface area contributed by atoms with E-state index in [0.717, 1.165) is 0 Å². The van der Waals surface area contributed by atoms with E-state index in [2.05, 4.69) is 5.32 Å². The highest BCUT2D eigenvalue weighted by atomic mass is 35.5. The summed E-state index contributed by atoms with van der Waals surface area (Å²) < 4.78 is 5.17. The quantitative estimate of drug-likeness (QED) is 0.695. The van der Waals surface area contributed by atoms with Gasteiger partial charge in [-0.15, -0.1) is 11.6 Å². The molecule has 0 heterocycles. The zero-order valence-corrected chi connectivity index (χ0v) is 10.1. The lowest BCUT2D eigenvalue weighted by Crippen LogP contribution is -2.42. The molecule has 1 N–H and O–H groups in total. The van der Waals surface area contributed by atoms with Crippen molar-refractivity contribution in [3.63, 3.8) is 0 Å². The van der Waals surface area contributed by atoms with E-state index >= 15 is 0 Å². The van der Waals surface area contributed by atoms with Crippen LogP contribution in [0.4, 0.5) is 0 Å². The lowest BCUT2D eigenvalue weighted by Gasteiger charge is -2.19. The van der Waals surface area contributed by atoms with Gasteiger partial charge in [0, 0.05) is 11.9 Å². The van der Waals surface area contributed by atoms with Crippen LogP contribution in [0.15, 0.2) is 0 Å². The van der Waals surface area contributed by atoms with Crippen molar-refractivity contribution >= 4 is 17.5 Å². The van der Waals surface area contributed by atoms with Crippen molar-refractivity contribution in [3.05, 3.63) is 0 Å². The first-order valence-electron chi connectivity index (χ1n) is 4.94. The Morgan fingerprint density at radius 1 is 1.36 bits per heavy atom. The summed E-state index contributed by atoms with van der Waals surface area (Å²) in [6, 6.07) is 0.0277. The molecule has 0 aromatic carbocycles. The molecule has 3 nitrogen and oxygen atoms in total. The van der Waals surface area contributed by atoms with Gasteiger partial charge in [0.25, 0.3) is 0 Å². The van der Waals surface area contributed by atoms with E-state index in [1.54, 1.807) is 0 Å². The number of alkyl halides is 1. The van der Waals surface area contributed by atoms with Gasteiger partial charge in [0.1, 0.15) is 6.61 Å². The van der Waals surface area contributed by atoms with Gasteiger partial charge in [-0.05, 0) is 19.8 Å². The van der Waals surface area contributed by atoms with E-state index in [0.29, 0.717) is 11.8 Å². The molecule has 0 aromatic rings. The fourth-order valence-corrected chi connectivity index (χ4v) is 1.31. The van der Waals surface area contributed by atoms with Crippen LogP contribution in [0.2, 0.25) is 0 Å². The molecule has 1 amide bonds. The Bertz CT molecular complexity index is 172. The van der Waals surface area contributed by atoms with Gasteiger partial charge in [-0.2, -0.15) is 0 Å². The molecular formula is C10H20ClNO2. The number of carbonyl (C=O) groups excluding carboxylic acids is 1. The highest BCUT2D eigenvalue weighted by Crippen LogP contribution is 2.03. The number of ether oxygens (including phenoxy) is 1. The van der Waals surface area contributed by atoms with Gasteiger partial charge in [-0.1, -0.05) is 13.8 Å². The van der Waals surface area contributed by atoms with Crippen LogP contribution < -0.4 is 5.32 Å². The van der Waals surface area contributed by atoms with E-state index in [1.807, 2.05) is 27.7 Å². The standard InChI is InChI=1S/C10H20ClNO2/c1-7(2)9(5-11)12-10(13)6-14-8(3)4/h7-9H,5-6H2,1-4H3,(H,12,13). The Kier molecular flexibility index (Phi) is 6.93. The molecule has 0 aromatic heterocycles. The fourth-order valence-electron chi connectivity index (χ4n) is 0.874. The second-order valence-electron chi connectivity index (χ2n) is 3.93. The van der Waals surface area contributed by atoms with Gasteiger partial charge in [-0.3, -0.25) is 4.79 Å². The molecule has 0 aliphatic heterocycles. The zero-order chi connectivity index (χ0) is 11.1. The summed E-state index contributed by atoms with van der Waals surface area (Å²) in [5.41, 5.74) is 0. The summed E-state index contributed by atoms with van der Waals surface area (Å²) in [5.74, 6) is 0.680. The minimum absolute atomic E-state index is 0.0277. The Labute approximate surface area is 91.2 Å². The maximum Gasteiger partial charge on any atom is 0.246 e. The highest BCUT2D eigenvalue weighted by molar-refractivity contribution is 6.18. The predicted molar refractivity (Wildman–Crippen MR) is 58.6 cm³/mol. The van der Waals surface area contributed by atoms with Gasteiger partial charge in [0.15, 0.2) is 0 Å². The molecule has 4 heteroatoms. The number of hydrogen-bond acceptors (Lipinski definition) is 2. The smallest absolute Gasteiger partial charge is 0.246 e. The van der Waals surface area contributed by atoms with Crippen molar-refractivity contribution in [2.24, 2.45) is 5.92 Å². The third-order valence-corrected chi connectivity index (χ3v) is 2.20. The fraction of sp³-hybridized carbons (Fsp3) is 0.900. The normalized spacial score (nSPS) is 13.4. The number of rotatable bonds is 6. The largest absolute Gasteiger partial charge is 0.369 e. The second-order valence-corrected chi connectivity index (χ2v) is 4.24. The molecular weight excluding hydrogens is 202 g/mol. The molecule has 0 rings (SSSR count).